The maximum absolute atomic E-state index is 10.7. The third-order valence-electron chi connectivity index (χ3n) is 2.27. The number of epoxide rings is 1. The highest BCUT2D eigenvalue weighted by Gasteiger charge is 2.23. The maximum Gasteiger partial charge on any atom is 0.335 e. The molecule has 1 heterocycles. The van der Waals surface area contributed by atoms with Crippen LogP contribution in [0.5, 0.6) is 5.75 Å². The Kier molecular flexibility index (Phi) is 2.60. The summed E-state index contributed by atoms with van der Waals surface area (Å²) in [7, 11) is 0. The van der Waals surface area contributed by atoms with Crippen LogP contribution >= 0.6 is 0 Å². The molecule has 1 atom stereocenters. The van der Waals surface area contributed by atoms with Gasteiger partial charge in [-0.1, -0.05) is 0 Å². The molecular weight excluding hydrogens is 196 g/mol. The number of hydrogen-bond acceptors (Lipinski definition) is 3. The molecule has 1 fully saturated rings. The number of aromatic carboxylic acids is 1. The number of aryl methyl sites for hydroxylation is 1. The van der Waals surface area contributed by atoms with Gasteiger partial charge in [0.2, 0.25) is 0 Å². The molecule has 1 aromatic carbocycles. The second-order valence-corrected chi connectivity index (χ2v) is 3.55. The lowest BCUT2D eigenvalue weighted by Crippen LogP contribution is -2.05. The zero-order valence-electron chi connectivity index (χ0n) is 8.40. The first kappa shape index (κ1) is 9.98. The lowest BCUT2D eigenvalue weighted by molar-refractivity contribution is 0.0696. The second kappa shape index (κ2) is 3.90. The van der Waals surface area contributed by atoms with Gasteiger partial charge in [0, 0.05) is 0 Å². The molecule has 0 saturated carbocycles. The summed E-state index contributed by atoms with van der Waals surface area (Å²) in [6, 6.07) is 4.95. The molecule has 0 aliphatic carbocycles. The lowest BCUT2D eigenvalue weighted by Gasteiger charge is -2.06. The molecule has 0 aromatic heterocycles. The number of carboxylic acid groups (broad SMARTS) is 1. The van der Waals surface area contributed by atoms with E-state index in [4.69, 9.17) is 14.6 Å². The van der Waals surface area contributed by atoms with Crippen molar-refractivity contribution in [1.82, 2.24) is 0 Å². The summed E-state index contributed by atoms with van der Waals surface area (Å²) >= 11 is 0. The van der Waals surface area contributed by atoms with Crippen LogP contribution in [0.4, 0.5) is 0 Å². The van der Waals surface area contributed by atoms with Crippen LogP contribution in [-0.4, -0.2) is 30.4 Å². The van der Waals surface area contributed by atoms with E-state index < -0.39 is 5.97 Å². The highest BCUT2D eigenvalue weighted by Crippen LogP contribution is 2.19. The van der Waals surface area contributed by atoms with Crippen molar-refractivity contribution in [2.45, 2.75) is 13.0 Å². The van der Waals surface area contributed by atoms with Crippen molar-refractivity contribution < 1.29 is 19.4 Å². The van der Waals surface area contributed by atoms with Crippen molar-refractivity contribution in [3.8, 4) is 5.75 Å². The van der Waals surface area contributed by atoms with Gasteiger partial charge in [-0.15, -0.1) is 0 Å². The van der Waals surface area contributed by atoms with E-state index in [0.29, 0.717) is 23.5 Å². The van der Waals surface area contributed by atoms with E-state index >= 15 is 0 Å². The Labute approximate surface area is 87.4 Å². The van der Waals surface area contributed by atoms with Gasteiger partial charge in [0.1, 0.15) is 18.5 Å². The zero-order chi connectivity index (χ0) is 10.8. The Morgan fingerprint density at radius 1 is 1.67 bits per heavy atom. The molecular formula is C11H12O4. The molecule has 0 spiro atoms. The highest BCUT2D eigenvalue weighted by atomic mass is 16.6. The van der Waals surface area contributed by atoms with Crippen LogP contribution < -0.4 is 4.74 Å². The van der Waals surface area contributed by atoms with Gasteiger partial charge in [-0.05, 0) is 30.7 Å². The fourth-order valence-electron chi connectivity index (χ4n) is 1.32. The molecule has 1 unspecified atom stereocenters. The standard InChI is InChI=1S/C11H12O4/c1-7-4-8(14-5-9-6-15-9)2-3-10(7)11(12)13/h2-4,9H,5-6H2,1H3,(H,12,13). The fraction of sp³-hybridized carbons (Fsp3) is 0.364. The molecule has 4 heteroatoms. The first-order valence-electron chi connectivity index (χ1n) is 4.75. The average Bonchev–Trinajstić information content (AvgIpc) is 2.97. The topological polar surface area (TPSA) is 59.1 Å². The highest BCUT2D eigenvalue weighted by molar-refractivity contribution is 5.89. The summed E-state index contributed by atoms with van der Waals surface area (Å²) in [5, 5.41) is 8.82. The van der Waals surface area contributed by atoms with Crippen molar-refractivity contribution >= 4 is 5.97 Å². The van der Waals surface area contributed by atoms with Crippen molar-refractivity contribution in [2.75, 3.05) is 13.2 Å². The Balaban J connectivity index is 2.06. The van der Waals surface area contributed by atoms with E-state index in [0.717, 1.165) is 6.61 Å². The summed E-state index contributed by atoms with van der Waals surface area (Å²) in [6.07, 6.45) is 0.212. The normalized spacial score (nSPS) is 18.6. The van der Waals surface area contributed by atoms with Gasteiger partial charge in [-0.3, -0.25) is 0 Å². The molecule has 1 aliphatic rings. The predicted octanol–water partition coefficient (Wildman–Crippen LogP) is 1.47. The van der Waals surface area contributed by atoms with Crippen LogP contribution in [0.1, 0.15) is 15.9 Å². The molecule has 80 valence electrons. The molecule has 0 amide bonds. The minimum absolute atomic E-state index is 0.212. The van der Waals surface area contributed by atoms with E-state index in [1.807, 2.05) is 0 Å². The third-order valence-corrected chi connectivity index (χ3v) is 2.27. The summed E-state index contributed by atoms with van der Waals surface area (Å²) < 4.78 is 10.4. The molecule has 0 bridgehead atoms. The van der Waals surface area contributed by atoms with Gasteiger partial charge in [0.25, 0.3) is 0 Å². The minimum atomic E-state index is -0.912. The number of ether oxygens (including phenoxy) is 2. The average molecular weight is 208 g/mol. The lowest BCUT2D eigenvalue weighted by atomic mass is 10.1. The second-order valence-electron chi connectivity index (χ2n) is 3.55. The number of carbonyl (C=O) groups is 1. The molecule has 4 nitrogen and oxygen atoms in total. The molecule has 1 N–H and O–H groups in total. The van der Waals surface area contributed by atoms with Gasteiger partial charge in [0.05, 0.1) is 12.2 Å². The molecule has 2 rings (SSSR count). The van der Waals surface area contributed by atoms with Crippen molar-refractivity contribution in [1.29, 1.82) is 0 Å². The van der Waals surface area contributed by atoms with Crippen LogP contribution in [0.15, 0.2) is 18.2 Å². The summed E-state index contributed by atoms with van der Waals surface area (Å²) in [5.41, 5.74) is 1.02. The van der Waals surface area contributed by atoms with E-state index in [2.05, 4.69) is 0 Å². The van der Waals surface area contributed by atoms with Crippen LogP contribution in [0, 0.1) is 6.92 Å². The van der Waals surface area contributed by atoms with Gasteiger partial charge in [0.15, 0.2) is 0 Å². The Morgan fingerprint density at radius 2 is 2.40 bits per heavy atom. The fourth-order valence-corrected chi connectivity index (χ4v) is 1.32. The number of rotatable bonds is 4. The molecule has 1 saturated heterocycles. The SMILES string of the molecule is Cc1cc(OCC2CO2)ccc1C(=O)O. The molecule has 0 radical (unpaired) electrons. The minimum Gasteiger partial charge on any atom is -0.491 e. The molecule has 1 aliphatic heterocycles. The van der Waals surface area contributed by atoms with E-state index in [9.17, 15) is 4.79 Å². The maximum atomic E-state index is 10.7. The van der Waals surface area contributed by atoms with Gasteiger partial charge >= 0.3 is 5.97 Å². The van der Waals surface area contributed by atoms with Crippen molar-refractivity contribution in [3.63, 3.8) is 0 Å². The third kappa shape index (κ3) is 2.47. The van der Waals surface area contributed by atoms with Crippen LogP contribution in [-0.2, 0) is 4.74 Å². The Hall–Kier alpha value is -1.55. The summed E-state index contributed by atoms with van der Waals surface area (Å²) in [6.45, 7) is 3.04. The predicted molar refractivity (Wildman–Crippen MR) is 53.4 cm³/mol. The van der Waals surface area contributed by atoms with Crippen molar-refractivity contribution in [3.05, 3.63) is 29.3 Å². The molecule has 1 aromatic rings. The van der Waals surface area contributed by atoms with Gasteiger partial charge in [-0.2, -0.15) is 0 Å². The van der Waals surface area contributed by atoms with E-state index in [1.54, 1.807) is 25.1 Å². The smallest absolute Gasteiger partial charge is 0.335 e. The first-order valence-corrected chi connectivity index (χ1v) is 4.75. The monoisotopic (exact) mass is 208 g/mol. The van der Waals surface area contributed by atoms with Crippen LogP contribution in [0.25, 0.3) is 0 Å². The van der Waals surface area contributed by atoms with Crippen LogP contribution in [0.3, 0.4) is 0 Å². The van der Waals surface area contributed by atoms with Gasteiger partial charge < -0.3 is 14.6 Å². The van der Waals surface area contributed by atoms with Crippen molar-refractivity contribution in [2.24, 2.45) is 0 Å². The Morgan fingerprint density at radius 3 is 2.93 bits per heavy atom. The summed E-state index contributed by atoms with van der Waals surface area (Å²) in [4.78, 5) is 10.7. The van der Waals surface area contributed by atoms with Crippen LogP contribution in [0.2, 0.25) is 0 Å². The largest absolute Gasteiger partial charge is 0.491 e. The van der Waals surface area contributed by atoms with Gasteiger partial charge in [-0.25, -0.2) is 4.79 Å². The molecule has 15 heavy (non-hydrogen) atoms. The quantitative estimate of drug-likeness (QED) is 0.761. The first-order chi connectivity index (χ1) is 7.16. The van der Waals surface area contributed by atoms with E-state index in [1.165, 1.54) is 0 Å². The summed E-state index contributed by atoms with van der Waals surface area (Å²) in [5.74, 6) is -0.224. The Bertz CT molecular complexity index is 382. The zero-order valence-corrected chi connectivity index (χ0v) is 8.40. The van der Waals surface area contributed by atoms with E-state index in [-0.39, 0.29) is 6.10 Å². The number of hydrogen-bond donors (Lipinski definition) is 1. The number of carboxylic acids is 1. The number of benzene rings is 1.